The van der Waals surface area contributed by atoms with E-state index in [0.717, 1.165) is 11.1 Å². The third kappa shape index (κ3) is 2.32. The van der Waals surface area contributed by atoms with Crippen LogP contribution in [0.4, 0.5) is 5.82 Å². The van der Waals surface area contributed by atoms with Crippen molar-refractivity contribution in [2.75, 3.05) is 5.73 Å². The minimum atomic E-state index is 0.367. The second-order valence-corrected chi connectivity index (χ2v) is 5.69. The van der Waals surface area contributed by atoms with Gasteiger partial charge in [0.2, 0.25) is 0 Å². The van der Waals surface area contributed by atoms with Crippen LogP contribution >= 0.6 is 39.1 Å². The number of nitrogen functional groups attached to an aromatic ring is 1. The zero-order valence-electron chi connectivity index (χ0n) is 9.95. The van der Waals surface area contributed by atoms with Crippen LogP contribution in [0, 0.1) is 0 Å². The number of rotatable bonds is 2. The molecule has 0 bridgehead atoms. The van der Waals surface area contributed by atoms with Gasteiger partial charge in [0.15, 0.2) is 16.2 Å². The zero-order chi connectivity index (χ0) is 14.3. The summed E-state index contributed by atoms with van der Waals surface area (Å²) < 4.78 is 6.16. The number of halogens is 3. The number of nitrogens with one attached hydrogen (secondary N) is 1. The summed E-state index contributed by atoms with van der Waals surface area (Å²) in [5.74, 6) is 0.994. The molecule has 0 unspecified atom stereocenters. The van der Waals surface area contributed by atoms with Crippen molar-refractivity contribution in [1.82, 2.24) is 10.2 Å². The molecule has 2 aromatic heterocycles. The summed E-state index contributed by atoms with van der Waals surface area (Å²) in [6.07, 6.45) is 0. The average Bonchev–Trinajstić information content (AvgIpc) is 2.99. The number of aromatic nitrogens is 2. The predicted molar refractivity (Wildman–Crippen MR) is 83.9 cm³/mol. The Balaban J connectivity index is 2.18. The second kappa shape index (κ2) is 5.16. The monoisotopic (exact) mass is 371 g/mol. The van der Waals surface area contributed by atoms with E-state index in [9.17, 15) is 0 Å². The molecule has 0 aliphatic rings. The maximum absolute atomic E-state index is 6.05. The molecule has 0 saturated heterocycles. The molecule has 0 atom stereocenters. The van der Waals surface area contributed by atoms with E-state index >= 15 is 0 Å². The van der Waals surface area contributed by atoms with Gasteiger partial charge in [-0.1, -0.05) is 29.3 Å². The Morgan fingerprint density at radius 2 is 1.95 bits per heavy atom. The van der Waals surface area contributed by atoms with Gasteiger partial charge >= 0.3 is 0 Å². The molecule has 0 saturated carbocycles. The van der Waals surface area contributed by atoms with Crippen molar-refractivity contribution in [3.8, 4) is 22.6 Å². The first kappa shape index (κ1) is 13.5. The highest BCUT2D eigenvalue weighted by Crippen LogP contribution is 2.38. The highest BCUT2D eigenvalue weighted by molar-refractivity contribution is 9.10. The molecule has 0 amide bonds. The van der Waals surface area contributed by atoms with Crippen molar-refractivity contribution in [1.29, 1.82) is 0 Å². The Labute approximate surface area is 133 Å². The molecule has 3 rings (SSSR count). The van der Waals surface area contributed by atoms with Crippen LogP contribution in [-0.2, 0) is 0 Å². The van der Waals surface area contributed by atoms with E-state index in [4.69, 9.17) is 33.4 Å². The third-order valence-electron chi connectivity index (χ3n) is 2.82. The molecular formula is C13H8BrCl2N3O. The lowest BCUT2D eigenvalue weighted by Crippen LogP contribution is -1.88. The van der Waals surface area contributed by atoms with E-state index in [1.54, 1.807) is 18.2 Å². The Morgan fingerprint density at radius 1 is 1.15 bits per heavy atom. The molecule has 0 aliphatic carbocycles. The first-order valence-electron chi connectivity index (χ1n) is 5.61. The van der Waals surface area contributed by atoms with Crippen LogP contribution in [0.2, 0.25) is 10.0 Å². The van der Waals surface area contributed by atoms with Crippen molar-refractivity contribution in [2.24, 2.45) is 0 Å². The highest BCUT2D eigenvalue weighted by atomic mass is 79.9. The minimum absolute atomic E-state index is 0.367. The maximum atomic E-state index is 6.05. The fraction of sp³-hybridized carbons (Fsp3) is 0. The summed E-state index contributed by atoms with van der Waals surface area (Å²) in [5, 5.41) is 7.84. The Hall–Kier alpha value is -1.43. The van der Waals surface area contributed by atoms with Crippen LogP contribution in [0.15, 0.2) is 39.4 Å². The van der Waals surface area contributed by atoms with Crippen LogP contribution in [0.5, 0.6) is 0 Å². The number of aromatic amines is 1. The lowest BCUT2D eigenvalue weighted by molar-refractivity contribution is 0.553. The van der Waals surface area contributed by atoms with E-state index in [0.29, 0.717) is 32.0 Å². The van der Waals surface area contributed by atoms with Crippen LogP contribution in [0.3, 0.4) is 0 Å². The van der Waals surface area contributed by atoms with Crippen LogP contribution < -0.4 is 5.73 Å². The molecule has 0 spiro atoms. The topological polar surface area (TPSA) is 67.8 Å². The van der Waals surface area contributed by atoms with E-state index in [2.05, 4.69) is 26.1 Å². The van der Waals surface area contributed by atoms with Crippen molar-refractivity contribution in [3.63, 3.8) is 0 Å². The smallest absolute Gasteiger partial charge is 0.169 e. The number of nitrogens with two attached hydrogens (primary N) is 1. The van der Waals surface area contributed by atoms with Crippen LogP contribution in [-0.4, -0.2) is 10.2 Å². The average molecular weight is 373 g/mol. The molecule has 4 nitrogen and oxygen atoms in total. The SMILES string of the molecule is Nc1n[nH]c(-c2ccc(Br)o2)c1-c1ccc(Cl)c(Cl)c1. The highest BCUT2D eigenvalue weighted by Gasteiger charge is 2.18. The molecule has 7 heteroatoms. The van der Waals surface area contributed by atoms with Gasteiger partial charge in [0.25, 0.3) is 0 Å². The molecule has 0 fully saturated rings. The summed E-state index contributed by atoms with van der Waals surface area (Å²) in [7, 11) is 0. The van der Waals surface area contributed by atoms with Gasteiger partial charge in [-0.2, -0.15) is 5.10 Å². The Kier molecular flexibility index (Phi) is 3.50. The number of anilines is 1. The second-order valence-electron chi connectivity index (χ2n) is 4.09. The molecule has 3 N–H and O–H groups in total. The number of benzene rings is 1. The minimum Gasteiger partial charge on any atom is -0.448 e. The van der Waals surface area contributed by atoms with Gasteiger partial charge in [0, 0.05) is 0 Å². The van der Waals surface area contributed by atoms with E-state index in [1.165, 1.54) is 0 Å². The summed E-state index contributed by atoms with van der Waals surface area (Å²) >= 11 is 15.2. The fourth-order valence-corrected chi connectivity index (χ4v) is 2.53. The van der Waals surface area contributed by atoms with Gasteiger partial charge in [-0.25, -0.2) is 0 Å². The fourth-order valence-electron chi connectivity index (χ4n) is 1.93. The first-order chi connectivity index (χ1) is 9.56. The molecule has 0 aliphatic heterocycles. The normalized spacial score (nSPS) is 10.9. The van der Waals surface area contributed by atoms with Gasteiger partial charge < -0.3 is 10.2 Å². The van der Waals surface area contributed by atoms with E-state index < -0.39 is 0 Å². The quantitative estimate of drug-likeness (QED) is 0.665. The van der Waals surface area contributed by atoms with Gasteiger partial charge in [0.1, 0.15) is 5.69 Å². The Bertz CT molecular complexity index is 782. The molecule has 102 valence electrons. The van der Waals surface area contributed by atoms with Crippen molar-refractivity contribution < 1.29 is 4.42 Å². The van der Waals surface area contributed by atoms with Crippen molar-refractivity contribution in [3.05, 3.63) is 45.0 Å². The van der Waals surface area contributed by atoms with Crippen LogP contribution in [0.1, 0.15) is 0 Å². The van der Waals surface area contributed by atoms with Crippen molar-refractivity contribution in [2.45, 2.75) is 0 Å². The van der Waals surface area contributed by atoms with E-state index in [1.807, 2.05) is 12.1 Å². The van der Waals surface area contributed by atoms with Crippen LogP contribution in [0.25, 0.3) is 22.6 Å². The lowest BCUT2D eigenvalue weighted by atomic mass is 10.0. The summed E-state index contributed by atoms with van der Waals surface area (Å²) in [4.78, 5) is 0. The number of hydrogen-bond acceptors (Lipinski definition) is 3. The predicted octanol–water partition coefficient (Wildman–Crippen LogP) is 4.99. The van der Waals surface area contributed by atoms with Gasteiger partial charge in [-0.15, -0.1) is 0 Å². The summed E-state index contributed by atoms with van der Waals surface area (Å²) in [6.45, 7) is 0. The van der Waals surface area contributed by atoms with Gasteiger partial charge in [-0.3, -0.25) is 5.10 Å². The maximum Gasteiger partial charge on any atom is 0.169 e. The van der Waals surface area contributed by atoms with E-state index in [-0.39, 0.29) is 0 Å². The summed E-state index contributed by atoms with van der Waals surface area (Å²) in [6, 6.07) is 8.90. The summed E-state index contributed by atoms with van der Waals surface area (Å²) in [5.41, 5.74) is 8.16. The van der Waals surface area contributed by atoms with Crippen molar-refractivity contribution >= 4 is 44.9 Å². The number of H-pyrrole nitrogens is 1. The Morgan fingerprint density at radius 3 is 2.60 bits per heavy atom. The molecule has 2 heterocycles. The zero-order valence-corrected chi connectivity index (χ0v) is 13.1. The first-order valence-corrected chi connectivity index (χ1v) is 7.16. The molecular weight excluding hydrogens is 365 g/mol. The largest absolute Gasteiger partial charge is 0.448 e. The van der Waals surface area contributed by atoms with Gasteiger partial charge in [0.05, 0.1) is 15.6 Å². The molecule has 1 aromatic carbocycles. The third-order valence-corrected chi connectivity index (χ3v) is 3.99. The van der Waals surface area contributed by atoms with Gasteiger partial charge in [-0.05, 0) is 45.8 Å². The lowest BCUT2D eigenvalue weighted by Gasteiger charge is -2.04. The number of furan rings is 1. The number of hydrogen-bond donors (Lipinski definition) is 2. The molecule has 20 heavy (non-hydrogen) atoms. The number of nitrogens with zero attached hydrogens (tertiary/aromatic N) is 1. The standard InChI is InChI=1S/C13H8BrCl2N3O/c14-10-4-3-9(20-10)12-11(13(17)19-18-12)6-1-2-7(15)8(16)5-6/h1-5H,(H3,17,18,19). The molecule has 0 radical (unpaired) electrons. The molecule has 3 aromatic rings.